The Kier molecular flexibility index (Phi) is 5.12. The van der Waals surface area contributed by atoms with Crippen molar-refractivity contribution in [2.45, 2.75) is 44.2 Å². The molecule has 2 rings (SSSR count). The Balaban J connectivity index is 2.17. The SMILES string of the molecule is N[C@H](c1ccc(Br)c([N+](=O)[O-])c1)[C@@H](O)C1CCCCC1. The normalized spacial score (nSPS) is 19.6. The molecule has 0 aromatic heterocycles. The maximum absolute atomic E-state index is 10.9. The molecule has 0 unspecified atom stereocenters. The first-order chi connectivity index (χ1) is 9.50. The molecule has 5 nitrogen and oxygen atoms in total. The first kappa shape index (κ1) is 15.4. The fourth-order valence-corrected chi connectivity index (χ4v) is 3.23. The highest BCUT2D eigenvalue weighted by Crippen LogP contribution is 2.33. The van der Waals surface area contributed by atoms with E-state index in [4.69, 9.17) is 5.73 Å². The summed E-state index contributed by atoms with van der Waals surface area (Å²) in [5, 5.41) is 21.3. The van der Waals surface area contributed by atoms with Crippen LogP contribution >= 0.6 is 15.9 Å². The fraction of sp³-hybridized carbons (Fsp3) is 0.571. The van der Waals surface area contributed by atoms with Crippen LogP contribution in [-0.4, -0.2) is 16.1 Å². The van der Waals surface area contributed by atoms with Crippen molar-refractivity contribution in [3.63, 3.8) is 0 Å². The fourth-order valence-electron chi connectivity index (χ4n) is 2.84. The third-order valence-corrected chi connectivity index (χ3v) is 4.72. The van der Waals surface area contributed by atoms with Crippen molar-refractivity contribution >= 4 is 21.6 Å². The molecule has 20 heavy (non-hydrogen) atoms. The van der Waals surface area contributed by atoms with Gasteiger partial charge >= 0.3 is 0 Å². The van der Waals surface area contributed by atoms with E-state index in [9.17, 15) is 15.2 Å². The number of hydrogen-bond acceptors (Lipinski definition) is 4. The molecule has 110 valence electrons. The van der Waals surface area contributed by atoms with Crippen LogP contribution in [0, 0.1) is 16.0 Å². The van der Waals surface area contributed by atoms with Gasteiger partial charge in [-0.1, -0.05) is 25.3 Å². The smallest absolute Gasteiger partial charge is 0.283 e. The summed E-state index contributed by atoms with van der Waals surface area (Å²) in [6.07, 6.45) is 4.77. The summed E-state index contributed by atoms with van der Waals surface area (Å²) in [4.78, 5) is 10.5. The summed E-state index contributed by atoms with van der Waals surface area (Å²) in [5.41, 5.74) is 6.69. The quantitative estimate of drug-likeness (QED) is 0.648. The highest BCUT2D eigenvalue weighted by atomic mass is 79.9. The topological polar surface area (TPSA) is 89.4 Å². The molecule has 0 heterocycles. The average Bonchev–Trinajstić information content (AvgIpc) is 2.47. The third kappa shape index (κ3) is 3.37. The number of benzene rings is 1. The van der Waals surface area contributed by atoms with Crippen molar-refractivity contribution in [3.8, 4) is 0 Å². The Bertz CT molecular complexity index is 489. The van der Waals surface area contributed by atoms with Crippen molar-refractivity contribution in [2.24, 2.45) is 11.7 Å². The van der Waals surface area contributed by atoms with Crippen LogP contribution in [0.3, 0.4) is 0 Å². The molecule has 1 aromatic rings. The van der Waals surface area contributed by atoms with Crippen LogP contribution in [0.1, 0.15) is 43.7 Å². The minimum atomic E-state index is -0.643. The number of halogens is 1. The van der Waals surface area contributed by atoms with Gasteiger partial charge in [0.25, 0.3) is 5.69 Å². The molecule has 0 bridgehead atoms. The van der Waals surface area contributed by atoms with E-state index in [1.54, 1.807) is 12.1 Å². The van der Waals surface area contributed by atoms with Gasteiger partial charge in [0.15, 0.2) is 0 Å². The Morgan fingerprint density at radius 2 is 2.00 bits per heavy atom. The average molecular weight is 343 g/mol. The second kappa shape index (κ2) is 6.65. The summed E-state index contributed by atoms with van der Waals surface area (Å²) < 4.78 is 0.422. The van der Waals surface area contributed by atoms with E-state index in [1.165, 1.54) is 12.5 Å². The number of nitro benzene ring substituents is 1. The molecule has 6 heteroatoms. The molecular weight excluding hydrogens is 324 g/mol. The number of rotatable bonds is 4. The van der Waals surface area contributed by atoms with Gasteiger partial charge in [0.2, 0.25) is 0 Å². The van der Waals surface area contributed by atoms with Crippen LogP contribution in [0.2, 0.25) is 0 Å². The lowest BCUT2D eigenvalue weighted by molar-refractivity contribution is -0.385. The van der Waals surface area contributed by atoms with Gasteiger partial charge in [-0.3, -0.25) is 10.1 Å². The lowest BCUT2D eigenvalue weighted by atomic mass is 9.81. The van der Waals surface area contributed by atoms with Gasteiger partial charge in [0.1, 0.15) is 0 Å². The monoisotopic (exact) mass is 342 g/mol. The highest BCUT2D eigenvalue weighted by molar-refractivity contribution is 9.10. The molecule has 0 radical (unpaired) electrons. The largest absolute Gasteiger partial charge is 0.391 e. The Morgan fingerprint density at radius 3 is 2.60 bits per heavy atom. The first-order valence-electron chi connectivity index (χ1n) is 6.88. The Morgan fingerprint density at radius 1 is 1.35 bits per heavy atom. The first-order valence-corrected chi connectivity index (χ1v) is 7.67. The molecule has 1 saturated carbocycles. The van der Waals surface area contributed by atoms with Gasteiger partial charge in [-0.25, -0.2) is 0 Å². The van der Waals surface area contributed by atoms with Gasteiger partial charge < -0.3 is 10.8 Å². The standard InChI is InChI=1S/C14H19BrN2O3/c15-11-7-6-10(8-12(11)17(19)20)13(16)14(18)9-4-2-1-3-5-9/h6-9,13-14,18H,1-5,16H2/t13-,14+/m1/s1. The minimum Gasteiger partial charge on any atom is -0.391 e. The van der Waals surface area contributed by atoms with Crippen molar-refractivity contribution < 1.29 is 10.0 Å². The molecule has 0 saturated heterocycles. The molecule has 1 aliphatic carbocycles. The minimum absolute atomic E-state index is 0.0196. The molecular formula is C14H19BrN2O3. The second-order valence-corrected chi connectivity index (χ2v) is 6.24. The van der Waals surface area contributed by atoms with Crippen LogP contribution in [-0.2, 0) is 0 Å². The van der Waals surface area contributed by atoms with Crippen LogP contribution in [0.15, 0.2) is 22.7 Å². The molecule has 0 spiro atoms. The second-order valence-electron chi connectivity index (χ2n) is 5.38. The van der Waals surface area contributed by atoms with E-state index in [0.717, 1.165) is 25.7 Å². The number of aliphatic hydroxyl groups excluding tert-OH is 1. The zero-order chi connectivity index (χ0) is 14.7. The predicted octanol–water partition coefficient (Wildman–Crippen LogP) is 3.30. The highest BCUT2D eigenvalue weighted by Gasteiger charge is 2.28. The van der Waals surface area contributed by atoms with E-state index in [1.807, 2.05) is 0 Å². The number of nitro groups is 1. The zero-order valence-electron chi connectivity index (χ0n) is 11.2. The molecule has 0 aliphatic heterocycles. The lowest BCUT2D eigenvalue weighted by Crippen LogP contribution is -2.34. The van der Waals surface area contributed by atoms with Crippen LogP contribution in [0.25, 0.3) is 0 Å². The summed E-state index contributed by atoms with van der Waals surface area (Å²) in [5.74, 6) is 0.196. The number of nitrogens with zero attached hydrogens (tertiary/aromatic N) is 1. The molecule has 1 aliphatic rings. The lowest BCUT2D eigenvalue weighted by Gasteiger charge is -2.30. The van der Waals surface area contributed by atoms with Crippen molar-refractivity contribution in [1.82, 2.24) is 0 Å². The Hall–Kier alpha value is -0.980. The number of hydrogen-bond donors (Lipinski definition) is 2. The van der Waals surface area contributed by atoms with Gasteiger partial charge in [-0.15, -0.1) is 0 Å². The zero-order valence-corrected chi connectivity index (χ0v) is 12.8. The van der Waals surface area contributed by atoms with Crippen molar-refractivity contribution in [1.29, 1.82) is 0 Å². The summed E-state index contributed by atoms with van der Waals surface area (Å²) >= 11 is 3.15. The molecule has 2 atom stereocenters. The van der Waals surface area contributed by atoms with Gasteiger partial charge in [0, 0.05) is 6.07 Å². The van der Waals surface area contributed by atoms with E-state index < -0.39 is 17.1 Å². The molecule has 1 aromatic carbocycles. The third-order valence-electron chi connectivity index (χ3n) is 4.05. The van der Waals surface area contributed by atoms with Gasteiger partial charge in [-0.05, 0) is 46.3 Å². The van der Waals surface area contributed by atoms with E-state index in [2.05, 4.69) is 15.9 Å². The summed E-state index contributed by atoms with van der Waals surface area (Å²) in [6.45, 7) is 0. The van der Waals surface area contributed by atoms with Gasteiger partial charge in [0.05, 0.1) is 21.5 Å². The summed E-state index contributed by atoms with van der Waals surface area (Å²) in [7, 11) is 0. The van der Waals surface area contributed by atoms with Crippen molar-refractivity contribution in [2.75, 3.05) is 0 Å². The van der Waals surface area contributed by atoms with Crippen LogP contribution in [0.5, 0.6) is 0 Å². The predicted molar refractivity (Wildman–Crippen MR) is 80.3 cm³/mol. The van der Waals surface area contributed by atoms with E-state index >= 15 is 0 Å². The number of nitrogens with two attached hydrogens (primary N) is 1. The maximum atomic E-state index is 10.9. The van der Waals surface area contributed by atoms with E-state index in [-0.39, 0.29) is 11.6 Å². The Labute approximate surface area is 126 Å². The van der Waals surface area contributed by atoms with Crippen molar-refractivity contribution in [3.05, 3.63) is 38.3 Å². The van der Waals surface area contributed by atoms with Crippen LogP contribution in [0.4, 0.5) is 5.69 Å². The summed E-state index contributed by atoms with van der Waals surface area (Å²) in [6, 6.07) is 4.21. The van der Waals surface area contributed by atoms with Gasteiger partial charge in [-0.2, -0.15) is 0 Å². The molecule has 3 N–H and O–H groups in total. The van der Waals surface area contributed by atoms with Crippen LogP contribution < -0.4 is 5.73 Å². The maximum Gasteiger partial charge on any atom is 0.283 e. The number of aliphatic hydroxyl groups is 1. The molecule has 1 fully saturated rings. The van der Waals surface area contributed by atoms with E-state index in [0.29, 0.717) is 10.0 Å². The molecule has 0 amide bonds.